The quantitative estimate of drug-likeness (QED) is 0.752. The van der Waals surface area contributed by atoms with Crippen LogP contribution in [0.25, 0.3) is 0 Å². The SMILES string of the molecule is CCN(CC)C(CNS(=O)(=O)c1ccc(C)cc1)c1ccccc1Cl. The maximum absolute atomic E-state index is 12.6. The Kier molecular flexibility index (Phi) is 7.02. The molecule has 0 aliphatic heterocycles. The molecular formula is C19H25ClN2O2S. The summed E-state index contributed by atoms with van der Waals surface area (Å²) >= 11 is 6.36. The lowest BCUT2D eigenvalue weighted by Gasteiger charge is -2.30. The number of benzene rings is 2. The van der Waals surface area contributed by atoms with Crippen molar-refractivity contribution in [2.75, 3.05) is 19.6 Å². The van der Waals surface area contributed by atoms with Crippen LogP contribution in [0.2, 0.25) is 5.02 Å². The minimum atomic E-state index is -3.56. The van der Waals surface area contributed by atoms with Crippen molar-refractivity contribution >= 4 is 21.6 Å². The Labute approximate surface area is 155 Å². The second-order valence-electron chi connectivity index (χ2n) is 5.92. The van der Waals surface area contributed by atoms with Crippen LogP contribution in [0.15, 0.2) is 53.4 Å². The van der Waals surface area contributed by atoms with Crippen molar-refractivity contribution in [1.82, 2.24) is 9.62 Å². The van der Waals surface area contributed by atoms with Crippen LogP contribution in [0.4, 0.5) is 0 Å². The number of sulfonamides is 1. The van der Waals surface area contributed by atoms with Gasteiger partial charge in [0, 0.05) is 17.6 Å². The smallest absolute Gasteiger partial charge is 0.240 e. The molecule has 2 aromatic rings. The summed E-state index contributed by atoms with van der Waals surface area (Å²) in [6.07, 6.45) is 0. The van der Waals surface area contributed by atoms with Crippen LogP contribution in [0.5, 0.6) is 0 Å². The van der Waals surface area contributed by atoms with Gasteiger partial charge in [0.05, 0.1) is 4.90 Å². The number of hydrogen-bond acceptors (Lipinski definition) is 3. The van der Waals surface area contributed by atoms with E-state index in [1.807, 2.05) is 31.2 Å². The van der Waals surface area contributed by atoms with Crippen LogP contribution >= 0.6 is 11.6 Å². The van der Waals surface area contributed by atoms with Crippen molar-refractivity contribution in [2.24, 2.45) is 0 Å². The second-order valence-corrected chi connectivity index (χ2v) is 8.10. The molecule has 0 heterocycles. The van der Waals surface area contributed by atoms with Gasteiger partial charge in [0.1, 0.15) is 0 Å². The summed E-state index contributed by atoms with van der Waals surface area (Å²) in [5.41, 5.74) is 1.95. The van der Waals surface area contributed by atoms with Gasteiger partial charge < -0.3 is 0 Å². The Hall–Kier alpha value is -1.40. The Morgan fingerprint density at radius 2 is 1.64 bits per heavy atom. The molecule has 2 rings (SSSR count). The van der Waals surface area contributed by atoms with E-state index in [0.29, 0.717) is 5.02 Å². The lowest BCUT2D eigenvalue weighted by Crippen LogP contribution is -2.38. The molecule has 0 fully saturated rings. The fourth-order valence-electron chi connectivity index (χ4n) is 2.83. The summed E-state index contributed by atoms with van der Waals surface area (Å²) in [6.45, 7) is 7.92. The van der Waals surface area contributed by atoms with Crippen molar-refractivity contribution in [1.29, 1.82) is 0 Å². The van der Waals surface area contributed by atoms with Crippen molar-refractivity contribution in [3.8, 4) is 0 Å². The van der Waals surface area contributed by atoms with E-state index in [-0.39, 0.29) is 17.5 Å². The summed E-state index contributed by atoms with van der Waals surface area (Å²) in [5, 5.41) is 0.647. The predicted molar refractivity (Wildman–Crippen MR) is 103 cm³/mol. The Bertz CT molecular complexity index is 787. The van der Waals surface area contributed by atoms with Gasteiger partial charge in [-0.15, -0.1) is 0 Å². The molecule has 0 radical (unpaired) electrons. The molecule has 136 valence electrons. The van der Waals surface area contributed by atoms with Crippen LogP contribution in [0.3, 0.4) is 0 Å². The standard InChI is InChI=1S/C19H25ClN2O2S/c1-4-22(5-2)19(17-8-6-7-9-18(17)20)14-21-25(23,24)16-12-10-15(3)11-13-16/h6-13,19,21H,4-5,14H2,1-3H3. The van der Waals surface area contributed by atoms with E-state index < -0.39 is 10.0 Å². The molecule has 0 spiro atoms. The van der Waals surface area contributed by atoms with Gasteiger partial charge in [-0.3, -0.25) is 4.90 Å². The van der Waals surface area contributed by atoms with Gasteiger partial charge in [0.2, 0.25) is 10.0 Å². The molecule has 6 heteroatoms. The minimum Gasteiger partial charge on any atom is -0.296 e. The molecule has 0 saturated heterocycles. The molecule has 0 amide bonds. The number of rotatable bonds is 8. The third kappa shape index (κ3) is 5.05. The van der Waals surface area contributed by atoms with Crippen molar-refractivity contribution in [2.45, 2.75) is 31.7 Å². The molecule has 1 unspecified atom stereocenters. The average molecular weight is 381 g/mol. The zero-order chi connectivity index (χ0) is 18.4. The summed E-state index contributed by atoms with van der Waals surface area (Å²) in [6, 6.07) is 14.3. The molecule has 0 aliphatic carbocycles. The second kappa shape index (κ2) is 8.81. The minimum absolute atomic E-state index is 0.121. The van der Waals surface area contributed by atoms with E-state index >= 15 is 0 Å². The maximum Gasteiger partial charge on any atom is 0.240 e. The lowest BCUT2D eigenvalue weighted by molar-refractivity contribution is 0.220. The highest BCUT2D eigenvalue weighted by atomic mass is 35.5. The van der Waals surface area contributed by atoms with Gasteiger partial charge in [-0.2, -0.15) is 0 Å². The molecule has 2 aromatic carbocycles. The van der Waals surface area contributed by atoms with Crippen molar-refractivity contribution in [3.05, 3.63) is 64.7 Å². The van der Waals surface area contributed by atoms with Gasteiger partial charge >= 0.3 is 0 Å². The fraction of sp³-hybridized carbons (Fsp3) is 0.368. The number of hydrogen-bond donors (Lipinski definition) is 1. The molecule has 0 bridgehead atoms. The van der Waals surface area contributed by atoms with Crippen LogP contribution < -0.4 is 4.72 Å². The van der Waals surface area contributed by atoms with Gasteiger partial charge in [-0.25, -0.2) is 13.1 Å². The first-order chi connectivity index (χ1) is 11.9. The first kappa shape index (κ1) is 19.9. The van der Waals surface area contributed by atoms with Gasteiger partial charge in [0.15, 0.2) is 0 Å². The zero-order valence-electron chi connectivity index (χ0n) is 14.9. The number of likely N-dealkylation sites (N-methyl/N-ethyl adjacent to an activating group) is 1. The van der Waals surface area contributed by atoms with Crippen LogP contribution in [0, 0.1) is 6.92 Å². The normalized spacial score (nSPS) is 13.2. The summed E-state index contributed by atoms with van der Waals surface area (Å²) in [4.78, 5) is 2.47. The molecule has 0 aromatic heterocycles. The third-order valence-corrected chi connectivity index (χ3v) is 6.10. The van der Waals surface area contributed by atoms with E-state index in [2.05, 4.69) is 23.5 Å². The van der Waals surface area contributed by atoms with E-state index in [1.165, 1.54) is 0 Å². The lowest BCUT2D eigenvalue weighted by atomic mass is 10.1. The van der Waals surface area contributed by atoms with Crippen molar-refractivity contribution in [3.63, 3.8) is 0 Å². The number of halogens is 1. The highest BCUT2D eigenvalue weighted by Gasteiger charge is 2.23. The maximum atomic E-state index is 12.6. The number of nitrogens with zero attached hydrogens (tertiary/aromatic N) is 1. The molecule has 1 N–H and O–H groups in total. The van der Waals surface area contributed by atoms with Crippen LogP contribution in [-0.4, -0.2) is 33.0 Å². The topological polar surface area (TPSA) is 49.4 Å². The molecule has 0 aliphatic rings. The summed E-state index contributed by atoms with van der Waals surface area (Å²) in [7, 11) is -3.56. The van der Waals surface area contributed by atoms with E-state index in [1.54, 1.807) is 24.3 Å². The van der Waals surface area contributed by atoms with Crippen molar-refractivity contribution < 1.29 is 8.42 Å². The van der Waals surface area contributed by atoms with Gasteiger partial charge in [0.25, 0.3) is 0 Å². The third-order valence-electron chi connectivity index (χ3n) is 4.32. The fourth-order valence-corrected chi connectivity index (χ4v) is 4.13. The van der Waals surface area contributed by atoms with Gasteiger partial charge in [-0.1, -0.05) is 61.3 Å². The summed E-state index contributed by atoms with van der Waals surface area (Å²) in [5.74, 6) is 0. The highest BCUT2D eigenvalue weighted by molar-refractivity contribution is 7.89. The molecular weight excluding hydrogens is 356 g/mol. The largest absolute Gasteiger partial charge is 0.296 e. The van der Waals surface area contributed by atoms with E-state index in [9.17, 15) is 8.42 Å². The Morgan fingerprint density at radius 1 is 1.04 bits per heavy atom. The highest BCUT2D eigenvalue weighted by Crippen LogP contribution is 2.27. The Morgan fingerprint density at radius 3 is 2.20 bits per heavy atom. The predicted octanol–water partition coefficient (Wildman–Crippen LogP) is 4.01. The number of nitrogens with one attached hydrogen (secondary N) is 1. The molecule has 0 saturated carbocycles. The van der Waals surface area contributed by atoms with E-state index in [0.717, 1.165) is 24.2 Å². The van der Waals surface area contributed by atoms with Gasteiger partial charge in [-0.05, 0) is 43.8 Å². The van der Waals surface area contributed by atoms with Crippen LogP contribution in [0.1, 0.15) is 31.0 Å². The Balaban J connectivity index is 2.25. The first-order valence-corrected chi connectivity index (χ1v) is 10.3. The van der Waals surface area contributed by atoms with E-state index in [4.69, 9.17) is 11.6 Å². The number of aryl methyl sites for hydroxylation is 1. The molecule has 25 heavy (non-hydrogen) atoms. The zero-order valence-corrected chi connectivity index (χ0v) is 16.4. The average Bonchev–Trinajstić information content (AvgIpc) is 2.60. The monoisotopic (exact) mass is 380 g/mol. The summed E-state index contributed by atoms with van der Waals surface area (Å²) < 4.78 is 27.9. The molecule has 4 nitrogen and oxygen atoms in total. The first-order valence-electron chi connectivity index (χ1n) is 8.43. The molecule has 1 atom stereocenters. The van der Waals surface area contributed by atoms with Crippen LogP contribution in [-0.2, 0) is 10.0 Å².